The van der Waals surface area contributed by atoms with Crippen molar-refractivity contribution in [2.75, 3.05) is 0 Å². The van der Waals surface area contributed by atoms with E-state index in [9.17, 15) is 0 Å². The lowest BCUT2D eigenvalue weighted by Crippen LogP contribution is -2.63. The minimum absolute atomic E-state index is 0.0515. The highest BCUT2D eigenvalue weighted by atomic mass is 15.1. The van der Waals surface area contributed by atoms with Crippen LogP contribution in [0, 0.1) is 21.7 Å². The average Bonchev–Trinajstić information content (AvgIpc) is 3.08. The topological polar surface area (TPSA) is 195 Å². The normalized spacial score (nSPS) is 25.8. The molecule has 8 rings (SSSR count). The van der Waals surface area contributed by atoms with Crippen LogP contribution in [-0.2, 0) is 25.7 Å². The molecule has 0 N–H and O–H groups in total. The van der Waals surface area contributed by atoms with Crippen molar-refractivity contribution in [3.63, 3.8) is 0 Å². The molecule has 4 aromatic rings. The molecule has 4 aromatic carbocycles. The van der Waals surface area contributed by atoms with Gasteiger partial charge in [-0.15, -0.1) is 0 Å². The maximum Gasteiger partial charge on any atom is 0.0375 e. The smallest absolute Gasteiger partial charge is 0.0375 e. The molecule has 12 nitrogen and oxygen atoms in total. The van der Waals surface area contributed by atoms with E-state index in [1.165, 1.54) is 22.3 Å². The summed E-state index contributed by atoms with van der Waals surface area (Å²) in [4.78, 5) is 11.9. The highest BCUT2D eigenvalue weighted by Crippen LogP contribution is 2.76. The lowest BCUT2D eigenvalue weighted by atomic mass is 9.33. The molecule has 0 saturated heterocycles. The van der Waals surface area contributed by atoms with Crippen molar-refractivity contribution < 1.29 is 0 Å². The zero-order valence-electron chi connectivity index (χ0n) is 27.7. The molecule has 0 spiro atoms. The van der Waals surface area contributed by atoms with Crippen molar-refractivity contribution in [1.82, 2.24) is 0 Å². The molecule has 4 saturated carbocycles. The molecule has 0 unspecified atom stereocenters. The van der Waals surface area contributed by atoms with E-state index in [1.54, 1.807) is 0 Å². The van der Waals surface area contributed by atoms with E-state index in [2.05, 4.69) is 88.6 Å². The largest absolute Gasteiger partial charge is 0.0608 e. The number of nitrogens with zero attached hydrogens (tertiary/aromatic N) is 12. The molecule has 0 aliphatic heterocycles. The molecule has 4 aliphatic carbocycles. The zero-order chi connectivity index (χ0) is 34.7. The van der Waals surface area contributed by atoms with Gasteiger partial charge in [0.15, 0.2) is 0 Å². The summed E-state index contributed by atoms with van der Waals surface area (Å²) in [6.07, 6.45) is 10.5. The van der Waals surface area contributed by atoms with Gasteiger partial charge >= 0.3 is 0 Å². The second-order valence-corrected chi connectivity index (χ2v) is 15.2. The first kappa shape index (κ1) is 32.7. The van der Waals surface area contributed by atoms with Crippen LogP contribution in [0.1, 0.15) is 60.8 Å². The predicted octanol–water partition coefficient (Wildman–Crippen LogP) is 13.1. The first-order chi connectivity index (χ1) is 24.3. The summed E-state index contributed by atoms with van der Waals surface area (Å²) in [5, 5.41) is 15.2. The van der Waals surface area contributed by atoms with Gasteiger partial charge in [0.2, 0.25) is 0 Å². The van der Waals surface area contributed by atoms with Gasteiger partial charge in [-0.25, -0.2) is 0 Å². The Morgan fingerprint density at radius 2 is 0.520 bits per heavy atom. The molecule has 248 valence electrons. The average molecular weight is 661 g/mol. The Morgan fingerprint density at radius 1 is 0.340 bits per heavy atom. The van der Waals surface area contributed by atoms with Crippen molar-refractivity contribution in [2.24, 2.45) is 42.1 Å². The van der Waals surface area contributed by atoms with Crippen molar-refractivity contribution in [3.8, 4) is 0 Å². The first-order valence-electron chi connectivity index (χ1n) is 16.9. The molecule has 4 bridgehead atoms. The maximum atomic E-state index is 8.97. The summed E-state index contributed by atoms with van der Waals surface area (Å²) in [5.74, 6) is 0. The molecule has 0 aromatic heterocycles. The van der Waals surface area contributed by atoms with E-state index in [4.69, 9.17) is 22.1 Å². The van der Waals surface area contributed by atoms with Gasteiger partial charge in [-0.1, -0.05) is 118 Å². The van der Waals surface area contributed by atoms with E-state index >= 15 is 0 Å². The molecule has 0 amide bonds. The Hall–Kier alpha value is -5.88. The number of hydrogen-bond acceptors (Lipinski definition) is 4. The SMILES string of the molecule is [N-]=[N+]=Nc1ccc(CC23CC4(Cc5ccc(N=[N+]=[N-])cc5)CC(Cc5ccc(N=[N+]=[N-])cc5)(C2)CC(Cc2ccc(N=[N+]=[N-])cc2)(C3)C4)cc1. The standard InChI is InChI=1S/C38H36N12/c39-47-43-31-9-1-27(2-10-31)17-35-21-36(18-28-3-11-32(12-4-28)44-48-40)24-37(22-35,19-29-5-13-33(14-6-29)45-49-41)26-38(23-35,25-36)20-30-7-15-34(16-8-30)46-50-42/h1-16H,17-26H2. The van der Waals surface area contributed by atoms with Gasteiger partial charge in [-0.3, -0.25) is 0 Å². The highest BCUT2D eigenvalue weighted by molar-refractivity contribution is 5.43. The van der Waals surface area contributed by atoms with Crippen LogP contribution in [0.5, 0.6) is 0 Å². The minimum atomic E-state index is 0.0515. The van der Waals surface area contributed by atoms with Gasteiger partial charge in [0.05, 0.1) is 0 Å². The van der Waals surface area contributed by atoms with E-state index in [0.29, 0.717) is 22.7 Å². The maximum absolute atomic E-state index is 8.97. The fourth-order valence-electron chi connectivity index (χ4n) is 10.9. The Kier molecular flexibility index (Phi) is 8.62. The summed E-state index contributed by atoms with van der Waals surface area (Å²) in [6, 6.07) is 32.3. The molecule has 4 fully saturated rings. The second-order valence-electron chi connectivity index (χ2n) is 15.2. The number of benzene rings is 4. The Labute approximate surface area is 289 Å². The third-order valence-electron chi connectivity index (χ3n) is 11.2. The third-order valence-corrected chi connectivity index (χ3v) is 11.2. The second kappa shape index (κ2) is 13.2. The first-order valence-corrected chi connectivity index (χ1v) is 16.9. The van der Waals surface area contributed by atoms with Gasteiger partial charge in [-0.2, -0.15) is 0 Å². The van der Waals surface area contributed by atoms with Crippen LogP contribution in [0.4, 0.5) is 22.7 Å². The number of rotatable bonds is 12. The van der Waals surface area contributed by atoms with Gasteiger partial charge < -0.3 is 0 Å². The van der Waals surface area contributed by atoms with Gasteiger partial charge in [-0.05, 0) is 130 Å². The zero-order valence-corrected chi connectivity index (χ0v) is 27.7. The van der Waals surface area contributed by atoms with E-state index in [-0.39, 0.29) is 21.7 Å². The number of hydrogen-bond donors (Lipinski definition) is 0. The summed E-state index contributed by atoms with van der Waals surface area (Å²) < 4.78 is 0. The Balaban J connectivity index is 1.32. The number of azide groups is 4. The van der Waals surface area contributed by atoms with E-state index in [1.807, 2.05) is 48.5 Å². The summed E-state index contributed by atoms with van der Waals surface area (Å²) in [7, 11) is 0. The molecule has 4 aliphatic rings. The van der Waals surface area contributed by atoms with Crippen molar-refractivity contribution in [3.05, 3.63) is 161 Å². The molecule has 0 atom stereocenters. The quantitative estimate of drug-likeness (QED) is 0.0792. The molecular weight excluding hydrogens is 625 g/mol. The fourth-order valence-corrected chi connectivity index (χ4v) is 10.9. The van der Waals surface area contributed by atoms with Crippen LogP contribution in [0.15, 0.2) is 118 Å². The van der Waals surface area contributed by atoms with Crippen LogP contribution in [0.3, 0.4) is 0 Å². The predicted molar refractivity (Wildman–Crippen MR) is 193 cm³/mol. The monoisotopic (exact) mass is 660 g/mol. The van der Waals surface area contributed by atoms with Gasteiger partial charge in [0.25, 0.3) is 0 Å². The van der Waals surface area contributed by atoms with Crippen molar-refractivity contribution >= 4 is 22.7 Å². The highest BCUT2D eigenvalue weighted by Gasteiger charge is 2.67. The molecular formula is C38H36N12. The lowest BCUT2D eigenvalue weighted by Gasteiger charge is -2.71. The third kappa shape index (κ3) is 6.83. The van der Waals surface area contributed by atoms with Gasteiger partial charge in [0, 0.05) is 42.4 Å². The Bertz CT molecular complexity index is 1740. The molecule has 0 heterocycles. The van der Waals surface area contributed by atoms with Crippen molar-refractivity contribution in [2.45, 2.75) is 64.2 Å². The molecule has 50 heavy (non-hydrogen) atoms. The van der Waals surface area contributed by atoms with Crippen LogP contribution in [0.2, 0.25) is 0 Å². The lowest BCUT2D eigenvalue weighted by molar-refractivity contribution is -0.201. The van der Waals surface area contributed by atoms with Gasteiger partial charge in [0.1, 0.15) is 0 Å². The minimum Gasteiger partial charge on any atom is -0.0608 e. The van der Waals surface area contributed by atoms with Crippen LogP contribution >= 0.6 is 0 Å². The van der Waals surface area contributed by atoms with E-state index < -0.39 is 0 Å². The van der Waals surface area contributed by atoms with Crippen LogP contribution in [-0.4, -0.2) is 0 Å². The molecule has 12 heteroatoms. The van der Waals surface area contributed by atoms with Crippen LogP contribution in [0.25, 0.3) is 41.8 Å². The summed E-state index contributed by atoms with van der Waals surface area (Å²) >= 11 is 0. The summed E-state index contributed by atoms with van der Waals surface area (Å²) in [6.45, 7) is 0. The van der Waals surface area contributed by atoms with E-state index in [0.717, 1.165) is 64.2 Å². The van der Waals surface area contributed by atoms with Crippen LogP contribution < -0.4 is 0 Å². The summed E-state index contributed by atoms with van der Waals surface area (Å²) in [5.41, 5.74) is 43.5. The molecule has 0 radical (unpaired) electrons. The Morgan fingerprint density at radius 3 is 0.680 bits per heavy atom. The van der Waals surface area contributed by atoms with Crippen molar-refractivity contribution in [1.29, 1.82) is 0 Å². The fraction of sp³-hybridized carbons (Fsp3) is 0.368.